The van der Waals surface area contributed by atoms with E-state index in [1.54, 1.807) is 25.4 Å². The second kappa shape index (κ2) is 7.40. The molecule has 0 bridgehead atoms. The molecule has 5 nitrogen and oxygen atoms in total. The van der Waals surface area contributed by atoms with E-state index in [1.807, 2.05) is 12.1 Å². The van der Waals surface area contributed by atoms with Gasteiger partial charge in [0.15, 0.2) is 0 Å². The molecule has 0 radical (unpaired) electrons. The Balaban J connectivity index is 1.53. The summed E-state index contributed by atoms with van der Waals surface area (Å²) in [5.74, 6) is -0.254. The number of hydrogen-bond donors (Lipinski definition) is 1. The van der Waals surface area contributed by atoms with Crippen molar-refractivity contribution in [3.8, 4) is 5.88 Å². The van der Waals surface area contributed by atoms with Crippen LogP contribution in [0.4, 0.5) is 4.39 Å². The lowest BCUT2D eigenvalue weighted by molar-refractivity contribution is 0.0933. The average Bonchev–Trinajstić information content (AvgIpc) is 3.02. The lowest BCUT2D eigenvalue weighted by Crippen LogP contribution is -2.37. The van der Waals surface area contributed by atoms with Crippen LogP contribution in [0.2, 0.25) is 0 Å². The first-order valence-corrected chi connectivity index (χ1v) is 7.92. The van der Waals surface area contributed by atoms with Crippen molar-refractivity contribution in [2.24, 2.45) is 0 Å². The van der Waals surface area contributed by atoms with Crippen molar-refractivity contribution in [3.05, 3.63) is 59.5 Å². The Bertz CT molecular complexity index is 706. The van der Waals surface area contributed by atoms with Gasteiger partial charge in [-0.1, -0.05) is 18.2 Å². The fourth-order valence-corrected chi connectivity index (χ4v) is 2.89. The molecule has 1 aromatic heterocycles. The molecule has 1 unspecified atom stereocenters. The number of hydrogen-bond acceptors (Lipinski definition) is 4. The summed E-state index contributed by atoms with van der Waals surface area (Å²) in [4.78, 5) is 18.6. The number of ether oxygens (including phenoxy) is 1. The SMILES string of the molecule is COc1ccc(CN2CCC(NC(=O)c3ccccc3F)C2)cn1. The number of aromatic nitrogens is 1. The van der Waals surface area contributed by atoms with Gasteiger partial charge in [-0.25, -0.2) is 9.37 Å². The molecular formula is C18H20FN3O2. The first-order valence-electron chi connectivity index (χ1n) is 7.92. The highest BCUT2D eigenvalue weighted by Gasteiger charge is 2.25. The van der Waals surface area contributed by atoms with Gasteiger partial charge in [-0.05, 0) is 24.1 Å². The standard InChI is InChI=1S/C18H20FN3O2/c1-24-17-7-6-13(10-20-17)11-22-9-8-14(12-22)21-18(23)15-4-2-3-5-16(15)19/h2-7,10,14H,8-9,11-12H2,1H3,(H,21,23). The molecule has 24 heavy (non-hydrogen) atoms. The Morgan fingerprint density at radius 1 is 1.38 bits per heavy atom. The number of benzene rings is 1. The molecule has 1 atom stereocenters. The van der Waals surface area contributed by atoms with Gasteiger partial charge in [0, 0.05) is 37.9 Å². The first kappa shape index (κ1) is 16.4. The van der Waals surface area contributed by atoms with Gasteiger partial charge >= 0.3 is 0 Å². The number of carbonyl (C=O) groups excluding carboxylic acids is 1. The number of pyridine rings is 1. The van der Waals surface area contributed by atoms with E-state index in [0.29, 0.717) is 5.88 Å². The number of nitrogens with one attached hydrogen (secondary N) is 1. The molecule has 1 aromatic carbocycles. The van der Waals surface area contributed by atoms with E-state index in [2.05, 4.69) is 15.2 Å². The van der Waals surface area contributed by atoms with Crippen LogP contribution < -0.4 is 10.1 Å². The molecule has 0 spiro atoms. The molecule has 2 heterocycles. The van der Waals surface area contributed by atoms with E-state index in [0.717, 1.165) is 31.6 Å². The third kappa shape index (κ3) is 3.89. The first-order chi connectivity index (χ1) is 11.7. The van der Waals surface area contributed by atoms with Crippen LogP contribution in [-0.2, 0) is 6.54 Å². The molecule has 1 aliphatic heterocycles. The lowest BCUT2D eigenvalue weighted by Gasteiger charge is -2.17. The van der Waals surface area contributed by atoms with Crippen LogP contribution in [0.3, 0.4) is 0 Å². The molecule has 1 aliphatic rings. The minimum atomic E-state index is -0.492. The molecule has 1 fully saturated rings. The predicted molar refractivity (Wildman–Crippen MR) is 88.3 cm³/mol. The molecule has 1 saturated heterocycles. The Morgan fingerprint density at radius 2 is 2.21 bits per heavy atom. The van der Waals surface area contributed by atoms with Crippen molar-refractivity contribution in [3.63, 3.8) is 0 Å². The number of nitrogens with zero attached hydrogens (tertiary/aromatic N) is 2. The third-order valence-electron chi connectivity index (χ3n) is 4.14. The van der Waals surface area contributed by atoms with Crippen molar-refractivity contribution in [1.29, 1.82) is 0 Å². The van der Waals surface area contributed by atoms with Crippen molar-refractivity contribution >= 4 is 5.91 Å². The zero-order chi connectivity index (χ0) is 16.9. The van der Waals surface area contributed by atoms with Crippen LogP contribution in [-0.4, -0.2) is 42.0 Å². The summed E-state index contributed by atoms with van der Waals surface area (Å²) in [5, 5.41) is 2.91. The topological polar surface area (TPSA) is 54.5 Å². The van der Waals surface area contributed by atoms with E-state index < -0.39 is 5.82 Å². The summed E-state index contributed by atoms with van der Waals surface area (Å²) in [6.45, 7) is 2.39. The van der Waals surface area contributed by atoms with Crippen molar-refractivity contribution in [1.82, 2.24) is 15.2 Å². The molecule has 1 N–H and O–H groups in total. The summed E-state index contributed by atoms with van der Waals surface area (Å²) in [6, 6.07) is 9.89. The monoisotopic (exact) mass is 329 g/mol. The van der Waals surface area contributed by atoms with E-state index in [9.17, 15) is 9.18 Å². The summed E-state index contributed by atoms with van der Waals surface area (Å²) in [5.41, 5.74) is 1.19. The van der Waals surface area contributed by atoms with Gasteiger partial charge < -0.3 is 10.1 Å². The lowest BCUT2D eigenvalue weighted by atomic mass is 10.1. The largest absolute Gasteiger partial charge is 0.481 e. The highest BCUT2D eigenvalue weighted by Crippen LogP contribution is 2.15. The van der Waals surface area contributed by atoms with Gasteiger partial charge in [0.1, 0.15) is 5.82 Å². The van der Waals surface area contributed by atoms with Gasteiger partial charge in [-0.15, -0.1) is 0 Å². The minimum absolute atomic E-state index is 0.0308. The van der Waals surface area contributed by atoms with Crippen LogP contribution in [0.25, 0.3) is 0 Å². The van der Waals surface area contributed by atoms with E-state index >= 15 is 0 Å². The van der Waals surface area contributed by atoms with Gasteiger partial charge in [0.25, 0.3) is 5.91 Å². The van der Waals surface area contributed by atoms with Gasteiger partial charge in [-0.2, -0.15) is 0 Å². The van der Waals surface area contributed by atoms with Crippen molar-refractivity contribution < 1.29 is 13.9 Å². The molecule has 2 aromatic rings. The average molecular weight is 329 g/mol. The second-order valence-electron chi connectivity index (χ2n) is 5.88. The maximum absolute atomic E-state index is 13.7. The fraction of sp³-hybridized carbons (Fsp3) is 0.333. The molecule has 3 rings (SSSR count). The quantitative estimate of drug-likeness (QED) is 0.914. The summed E-state index contributed by atoms with van der Waals surface area (Å²) < 4.78 is 18.7. The maximum atomic E-state index is 13.7. The number of likely N-dealkylation sites (tertiary alicyclic amines) is 1. The number of carbonyl (C=O) groups is 1. The Morgan fingerprint density at radius 3 is 2.92 bits per heavy atom. The highest BCUT2D eigenvalue weighted by molar-refractivity contribution is 5.94. The summed E-state index contributed by atoms with van der Waals surface area (Å²) >= 11 is 0. The van der Waals surface area contributed by atoms with Crippen molar-refractivity contribution in [2.45, 2.75) is 19.0 Å². The van der Waals surface area contributed by atoms with Crippen LogP contribution in [0.15, 0.2) is 42.6 Å². The van der Waals surface area contributed by atoms with Crippen LogP contribution in [0.1, 0.15) is 22.3 Å². The van der Waals surface area contributed by atoms with E-state index in [-0.39, 0.29) is 17.5 Å². The second-order valence-corrected chi connectivity index (χ2v) is 5.88. The highest BCUT2D eigenvalue weighted by atomic mass is 19.1. The number of methoxy groups -OCH3 is 1. The molecule has 0 aliphatic carbocycles. The van der Waals surface area contributed by atoms with Crippen molar-refractivity contribution in [2.75, 3.05) is 20.2 Å². The summed E-state index contributed by atoms with van der Waals surface area (Å²) in [6.07, 6.45) is 2.65. The maximum Gasteiger partial charge on any atom is 0.254 e. The molecule has 6 heteroatoms. The zero-order valence-corrected chi connectivity index (χ0v) is 13.5. The Labute approximate surface area is 140 Å². The van der Waals surface area contributed by atoms with Gasteiger partial charge in [0.05, 0.1) is 12.7 Å². The molecule has 1 amide bonds. The normalized spacial score (nSPS) is 17.7. The van der Waals surface area contributed by atoms with Gasteiger partial charge in [-0.3, -0.25) is 9.69 Å². The van der Waals surface area contributed by atoms with Gasteiger partial charge in [0.2, 0.25) is 5.88 Å². The number of rotatable bonds is 5. The van der Waals surface area contributed by atoms with E-state index in [4.69, 9.17) is 4.74 Å². The Hall–Kier alpha value is -2.47. The number of amides is 1. The number of halogens is 1. The third-order valence-corrected chi connectivity index (χ3v) is 4.14. The van der Waals surface area contributed by atoms with Crippen LogP contribution >= 0.6 is 0 Å². The smallest absolute Gasteiger partial charge is 0.254 e. The molecular weight excluding hydrogens is 309 g/mol. The molecule has 0 saturated carbocycles. The van der Waals surface area contributed by atoms with E-state index in [1.165, 1.54) is 12.1 Å². The van der Waals surface area contributed by atoms with Crippen LogP contribution in [0, 0.1) is 5.82 Å². The van der Waals surface area contributed by atoms with Crippen LogP contribution in [0.5, 0.6) is 5.88 Å². The zero-order valence-electron chi connectivity index (χ0n) is 13.5. The fourth-order valence-electron chi connectivity index (χ4n) is 2.89. The predicted octanol–water partition coefficient (Wildman–Crippen LogP) is 2.23. The molecule has 126 valence electrons. The summed E-state index contributed by atoms with van der Waals surface area (Å²) in [7, 11) is 1.59. The minimum Gasteiger partial charge on any atom is -0.481 e. The Kier molecular flexibility index (Phi) is 5.05.